The molecule has 0 aromatic rings. The van der Waals surface area contributed by atoms with Crippen molar-refractivity contribution in [3.05, 3.63) is 0 Å². The fraction of sp³-hybridized carbons (Fsp3) is 1.00. The van der Waals surface area contributed by atoms with Crippen LogP contribution in [-0.2, 0) is 22.4 Å². The van der Waals surface area contributed by atoms with Gasteiger partial charge in [0.1, 0.15) is 0 Å². The van der Waals surface area contributed by atoms with E-state index in [9.17, 15) is 4.57 Å². The largest absolute Gasteiger partial charge is 0.483 e. The summed E-state index contributed by atoms with van der Waals surface area (Å²) in [6.45, 7) is 2.58. The average molecular weight is 302 g/mol. The Balaban J connectivity index is 0. The second-order valence-corrected chi connectivity index (χ2v) is 6.34. The molecule has 0 aromatic carbocycles. The molecule has 1 N–H and O–H groups in total. The zero-order valence-electron chi connectivity index (χ0n) is 11.8. The first-order chi connectivity index (χ1) is 8.62. The van der Waals surface area contributed by atoms with Gasteiger partial charge in [-0.2, -0.15) is 0 Å². The summed E-state index contributed by atoms with van der Waals surface area (Å²) in [6, 6.07) is 0. The molecule has 0 saturated heterocycles. The SMILES string of the molecule is CCCCCCCO[PH](=O)O.CO[SiH](OC)OC. The van der Waals surface area contributed by atoms with Gasteiger partial charge in [0, 0.05) is 21.3 Å². The summed E-state index contributed by atoms with van der Waals surface area (Å²) >= 11 is 0. The maximum Gasteiger partial charge on any atom is 0.483 e. The van der Waals surface area contributed by atoms with Gasteiger partial charge in [0.05, 0.1) is 6.61 Å². The molecular formula is C10H27O6PSi. The van der Waals surface area contributed by atoms with E-state index in [1.807, 2.05) is 0 Å². The van der Waals surface area contributed by atoms with Crippen molar-refractivity contribution in [2.45, 2.75) is 39.0 Å². The van der Waals surface area contributed by atoms with Crippen LogP contribution in [0.25, 0.3) is 0 Å². The van der Waals surface area contributed by atoms with Gasteiger partial charge in [-0.25, -0.2) is 0 Å². The Labute approximate surface area is 113 Å². The lowest BCUT2D eigenvalue weighted by molar-refractivity contribution is 0.163. The number of rotatable bonds is 10. The molecule has 0 aliphatic rings. The van der Waals surface area contributed by atoms with Crippen LogP contribution in [0.3, 0.4) is 0 Å². The van der Waals surface area contributed by atoms with Gasteiger partial charge in [0.25, 0.3) is 0 Å². The summed E-state index contributed by atoms with van der Waals surface area (Å²) in [5.74, 6) is 0. The lowest BCUT2D eigenvalue weighted by Crippen LogP contribution is -2.21. The smallest absolute Gasteiger partial charge is 0.379 e. The predicted octanol–water partition coefficient (Wildman–Crippen LogP) is 2.00. The second kappa shape index (κ2) is 17.2. The van der Waals surface area contributed by atoms with Crippen LogP contribution in [-0.4, -0.2) is 42.4 Å². The zero-order valence-corrected chi connectivity index (χ0v) is 14.0. The minimum Gasteiger partial charge on any atom is -0.379 e. The first-order valence-corrected chi connectivity index (χ1v) is 8.74. The maximum absolute atomic E-state index is 10.1. The normalized spacial score (nSPS) is 12.1. The third kappa shape index (κ3) is 18.6. The molecule has 1 unspecified atom stereocenters. The monoisotopic (exact) mass is 302 g/mol. The van der Waals surface area contributed by atoms with E-state index in [0.717, 1.165) is 12.8 Å². The van der Waals surface area contributed by atoms with Gasteiger partial charge in [-0.1, -0.05) is 32.6 Å². The van der Waals surface area contributed by atoms with Crippen LogP contribution in [0.4, 0.5) is 0 Å². The lowest BCUT2D eigenvalue weighted by Gasteiger charge is -2.05. The molecule has 112 valence electrons. The van der Waals surface area contributed by atoms with Crippen molar-refractivity contribution < 1.29 is 27.3 Å². The van der Waals surface area contributed by atoms with Crippen LogP contribution in [0.1, 0.15) is 39.0 Å². The quantitative estimate of drug-likeness (QED) is 0.378. The Morgan fingerprint density at radius 2 is 1.50 bits per heavy atom. The first-order valence-electron chi connectivity index (χ1n) is 6.06. The molecule has 0 rings (SSSR count). The van der Waals surface area contributed by atoms with E-state index in [2.05, 4.69) is 11.4 Å². The molecule has 0 amide bonds. The minimum absolute atomic E-state index is 0.429. The van der Waals surface area contributed by atoms with Crippen molar-refractivity contribution in [1.29, 1.82) is 0 Å². The van der Waals surface area contributed by atoms with E-state index < -0.39 is 17.8 Å². The Morgan fingerprint density at radius 3 is 1.83 bits per heavy atom. The number of unbranched alkanes of at least 4 members (excludes halogenated alkanes) is 4. The molecule has 0 radical (unpaired) electrons. The van der Waals surface area contributed by atoms with Crippen molar-refractivity contribution in [3.8, 4) is 0 Å². The molecule has 0 saturated carbocycles. The second-order valence-electron chi connectivity index (χ2n) is 3.52. The van der Waals surface area contributed by atoms with Gasteiger partial charge in [-0.15, -0.1) is 0 Å². The highest BCUT2D eigenvalue weighted by atomic mass is 31.1. The summed E-state index contributed by atoms with van der Waals surface area (Å²) in [5, 5.41) is 0. The first kappa shape index (κ1) is 20.6. The summed E-state index contributed by atoms with van der Waals surface area (Å²) in [7, 11) is 0.371. The average Bonchev–Trinajstić information content (AvgIpc) is 2.36. The fourth-order valence-electron chi connectivity index (χ4n) is 1.15. The maximum atomic E-state index is 10.1. The van der Waals surface area contributed by atoms with E-state index in [-0.39, 0.29) is 0 Å². The lowest BCUT2D eigenvalue weighted by atomic mass is 10.2. The molecule has 0 heterocycles. The highest BCUT2D eigenvalue weighted by Gasteiger charge is 2.04. The predicted molar refractivity (Wildman–Crippen MR) is 74.1 cm³/mol. The van der Waals surface area contributed by atoms with Crippen LogP contribution < -0.4 is 0 Å². The van der Waals surface area contributed by atoms with Crippen LogP contribution in [0.5, 0.6) is 0 Å². The molecular weight excluding hydrogens is 275 g/mol. The molecule has 0 aliphatic heterocycles. The van der Waals surface area contributed by atoms with Gasteiger partial charge in [0.2, 0.25) is 0 Å². The van der Waals surface area contributed by atoms with Crippen LogP contribution >= 0.6 is 8.25 Å². The molecule has 0 aliphatic carbocycles. The van der Waals surface area contributed by atoms with Crippen molar-refractivity contribution >= 4 is 17.8 Å². The van der Waals surface area contributed by atoms with Gasteiger partial charge >= 0.3 is 17.8 Å². The van der Waals surface area contributed by atoms with E-state index in [1.54, 1.807) is 21.3 Å². The molecule has 0 spiro atoms. The van der Waals surface area contributed by atoms with Crippen molar-refractivity contribution in [2.75, 3.05) is 27.9 Å². The topological polar surface area (TPSA) is 74.2 Å². The highest BCUT2D eigenvalue weighted by Crippen LogP contribution is 2.15. The van der Waals surface area contributed by atoms with E-state index >= 15 is 0 Å². The van der Waals surface area contributed by atoms with Gasteiger partial charge in [-0.3, -0.25) is 4.57 Å². The molecule has 0 fully saturated rings. The minimum atomic E-state index is -2.68. The third-order valence-electron chi connectivity index (χ3n) is 2.05. The van der Waals surface area contributed by atoms with Crippen LogP contribution in [0.15, 0.2) is 0 Å². The third-order valence-corrected chi connectivity index (χ3v) is 3.66. The molecule has 18 heavy (non-hydrogen) atoms. The van der Waals surface area contributed by atoms with Crippen molar-refractivity contribution in [3.63, 3.8) is 0 Å². The summed E-state index contributed by atoms with van der Waals surface area (Å²) < 4.78 is 28.8. The molecule has 8 heteroatoms. The zero-order chi connectivity index (χ0) is 14.2. The van der Waals surface area contributed by atoms with Gasteiger partial charge in [-0.05, 0) is 6.42 Å². The Bertz CT molecular complexity index is 174. The Kier molecular flexibility index (Phi) is 19.7. The van der Waals surface area contributed by atoms with Crippen LogP contribution in [0, 0.1) is 0 Å². The fourth-order valence-corrected chi connectivity index (χ4v) is 2.05. The Morgan fingerprint density at radius 1 is 1.00 bits per heavy atom. The molecule has 0 bridgehead atoms. The van der Waals surface area contributed by atoms with E-state index in [0.29, 0.717) is 6.61 Å². The van der Waals surface area contributed by atoms with Crippen LogP contribution in [0.2, 0.25) is 0 Å². The van der Waals surface area contributed by atoms with E-state index in [1.165, 1.54) is 19.3 Å². The van der Waals surface area contributed by atoms with Crippen molar-refractivity contribution in [1.82, 2.24) is 0 Å². The van der Waals surface area contributed by atoms with Gasteiger partial charge in [0.15, 0.2) is 0 Å². The summed E-state index contributed by atoms with van der Waals surface area (Å²) in [5.41, 5.74) is 0. The molecule has 1 atom stereocenters. The number of hydrogen-bond donors (Lipinski definition) is 1. The summed E-state index contributed by atoms with van der Waals surface area (Å²) in [4.78, 5) is 8.28. The molecule has 0 aromatic heterocycles. The summed E-state index contributed by atoms with van der Waals surface area (Å²) in [6.07, 6.45) is 5.66. The van der Waals surface area contributed by atoms with Gasteiger partial charge < -0.3 is 22.7 Å². The van der Waals surface area contributed by atoms with Crippen molar-refractivity contribution in [2.24, 2.45) is 0 Å². The number of hydrogen-bond acceptors (Lipinski definition) is 5. The highest BCUT2D eigenvalue weighted by molar-refractivity contribution is 7.32. The standard InChI is InChI=1S/C7H17O3P.C3H10O3Si/c1-2-3-4-5-6-7-10-11(8)9;1-4-7(5-2)6-3/h11H,2-7H2,1H3,(H,8,9);7H,1-3H3. The molecule has 6 nitrogen and oxygen atoms in total. The van der Waals surface area contributed by atoms with E-state index in [4.69, 9.17) is 18.2 Å². The Hall–Kier alpha value is 0.247.